The van der Waals surface area contributed by atoms with Crippen LogP contribution in [0.15, 0.2) is 59.6 Å². The number of sulfonamides is 1. The summed E-state index contributed by atoms with van der Waals surface area (Å²) in [4.78, 5) is 15.0. The molecule has 2 N–H and O–H groups in total. The number of rotatable bonds is 4. The molecule has 0 aliphatic rings. The van der Waals surface area contributed by atoms with Crippen molar-refractivity contribution in [3.8, 4) is 0 Å². The topological polar surface area (TPSA) is 96.4 Å². The lowest BCUT2D eigenvalue weighted by atomic mass is 10.2. The highest BCUT2D eigenvalue weighted by atomic mass is 35.5. The van der Waals surface area contributed by atoms with Crippen molar-refractivity contribution in [2.24, 2.45) is 0 Å². The minimum atomic E-state index is -3.94. The molecule has 0 aliphatic heterocycles. The first-order chi connectivity index (χ1) is 11.4. The molecule has 0 spiro atoms. The van der Waals surface area contributed by atoms with Crippen molar-refractivity contribution in [3.63, 3.8) is 0 Å². The largest absolute Gasteiger partial charge is 0.478 e. The molecule has 3 aromatic rings. The zero-order chi connectivity index (χ0) is 17.3. The first-order valence-corrected chi connectivity index (χ1v) is 8.64. The Morgan fingerprint density at radius 2 is 1.88 bits per heavy atom. The van der Waals surface area contributed by atoms with Crippen LogP contribution in [0.4, 0.5) is 5.69 Å². The zero-order valence-corrected chi connectivity index (χ0v) is 13.7. The number of fused-ring (bicyclic) bond motifs is 1. The van der Waals surface area contributed by atoms with Crippen LogP contribution in [0.25, 0.3) is 10.9 Å². The Morgan fingerprint density at radius 1 is 1.12 bits per heavy atom. The standard InChI is InChI=1S/C16H11ClN2O4S/c17-12-9-11(16(20)21)6-7-13(12)19-24(22,23)14-5-1-3-10-4-2-8-18-15(10)14/h1-9,19H,(H,20,21). The monoisotopic (exact) mass is 362 g/mol. The van der Waals surface area contributed by atoms with Crippen molar-refractivity contribution in [1.29, 1.82) is 0 Å². The van der Waals surface area contributed by atoms with Gasteiger partial charge in [-0.25, -0.2) is 13.2 Å². The van der Waals surface area contributed by atoms with Gasteiger partial charge in [0, 0.05) is 11.6 Å². The van der Waals surface area contributed by atoms with Gasteiger partial charge in [0.1, 0.15) is 4.90 Å². The van der Waals surface area contributed by atoms with Crippen molar-refractivity contribution in [3.05, 3.63) is 65.3 Å². The molecule has 2 aromatic carbocycles. The second-order valence-electron chi connectivity index (χ2n) is 4.94. The molecule has 1 heterocycles. The zero-order valence-electron chi connectivity index (χ0n) is 12.1. The fourth-order valence-corrected chi connectivity index (χ4v) is 3.77. The highest BCUT2D eigenvalue weighted by molar-refractivity contribution is 7.93. The van der Waals surface area contributed by atoms with Gasteiger partial charge in [0.2, 0.25) is 0 Å². The number of hydrogen-bond donors (Lipinski definition) is 2. The lowest BCUT2D eigenvalue weighted by molar-refractivity contribution is 0.0697. The van der Waals surface area contributed by atoms with Crippen LogP contribution in [0.2, 0.25) is 5.02 Å². The van der Waals surface area contributed by atoms with E-state index in [0.717, 1.165) is 0 Å². The van der Waals surface area contributed by atoms with E-state index >= 15 is 0 Å². The second-order valence-corrected chi connectivity index (χ2v) is 6.99. The lowest BCUT2D eigenvalue weighted by Crippen LogP contribution is -2.14. The Bertz CT molecular complexity index is 1050. The summed E-state index contributed by atoms with van der Waals surface area (Å²) in [5, 5.41) is 9.60. The Labute approximate surface area is 142 Å². The Kier molecular flexibility index (Phi) is 4.13. The summed E-state index contributed by atoms with van der Waals surface area (Å²) in [6.07, 6.45) is 1.51. The fourth-order valence-electron chi connectivity index (χ4n) is 2.22. The Hall–Kier alpha value is -2.64. The van der Waals surface area contributed by atoms with E-state index in [1.54, 1.807) is 24.3 Å². The maximum Gasteiger partial charge on any atom is 0.335 e. The van der Waals surface area contributed by atoms with E-state index in [-0.39, 0.29) is 21.2 Å². The van der Waals surface area contributed by atoms with Gasteiger partial charge in [-0.3, -0.25) is 9.71 Å². The number of anilines is 1. The summed E-state index contributed by atoms with van der Waals surface area (Å²) in [7, 11) is -3.94. The number of carboxylic acids is 1. The highest BCUT2D eigenvalue weighted by Gasteiger charge is 2.20. The van der Waals surface area contributed by atoms with Crippen LogP contribution in [-0.4, -0.2) is 24.5 Å². The number of carboxylic acid groups (broad SMARTS) is 1. The minimum Gasteiger partial charge on any atom is -0.478 e. The van der Waals surface area contributed by atoms with Crippen LogP contribution < -0.4 is 4.72 Å². The summed E-state index contributed by atoms with van der Waals surface area (Å²) in [5.74, 6) is -1.15. The molecular weight excluding hydrogens is 352 g/mol. The van der Waals surface area contributed by atoms with Crippen LogP contribution in [0.3, 0.4) is 0 Å². The number of pyridine rings is 1. The Morgan fingerprint density at radius 3 is 2.58 bits per heavy atom. The molecule has 0 aliphatic carbocycles. The molecule has 3 rings (SSSR count). The average molecular weight is 363 g/mol. The van der Waals surface area contributed by atoms with Crippen LogP contribution >= 0.6 is 11.6 Å². The van der Waals surface area contributed by atoms with E-state index in [1.807, 2.05) is 0 Å². The van der Waals surface area contributed by atoms with Crippen molar-refractivity contribution in [1.82, 2.24) is 4.98 Å². The molecule has 0 bridgehead atoms. The van der Waals surface area contributed by atoms with E-state index in [9.17, 15) is 13.2 Å². The van der Waals surface area contributed by atoms with Crippen molar-refractivity contribution >= 4 is 44.2 Å². The van der Waals surface area contributed by atoms with Gasteiger partial charge in [0.05, 0.1) is 21.8 Å². The predicted octanol–water partition coefficient (Wildman–Crippen LogP) is 3.39. The smallest absolute Gasteiger partial charge is 0.335 e. The molecular formula is C16H11ClN2O4S. The summed E-state index contributed by atoms with van der Waals surface area (Å²) in [5.41, 5.74) is 0.398. The second kappa shape index (κ2) is 6.10. The molecule has 0 saturated carbocycles. The maximum absolute atomic E-state index is 12.7. The molecule has 24 heavy (non-hydrogen) atoms. The van der Waals surface area contributed by atoms with Crippen molar-refractivity contribution in [2.45, 2.75) is 4.90 Å². The van der Waals surface area contributed by atoms with E-state index in [2.05, 4.69) is 9.71 Å². The Balaban J connectivity index is 2.04. The molecule has 1 aromatic heterocycles. The van der Waals surface area contributed by atoms with E-state index in [4.69, 9.17) is 16.7 Å². The number of halogens is 1. The number of nitrogens with one attached hydrogen (secondary N) is 1. The highest BCUT2D eigenvalue weighted by Crippen LogP contribution is 2.28. The van der Waals surface area contributed by atoms with Gasteiger partial charge in [-0.2, -0.15) is 0 Å². The predicted molar refractivity (Wildman–Crippen MR) is 91.0 cm³/mol. The lowest BCUT2D eigenvalue weighted by Gasteiger charge is -2.11. The molecule has 0 amide bonds. The molecule has 6 nitrogen and oxygen atoms in total. The van der Waals surface area contributed by atoms with Crippen LogP contribution in [0, 0.1) is 0 Å². The summed E-state index contributed by atoms with van der Waals surface area (Å²) in [6.45, 7) is 0. The average Bonchev–Trinajstić information content (AvgIpc) is 2.56. The minimum absolute atomic E-state index is 0.00771. The van der Waals surface area contributed by atoms with Crippen molar-refractivity contribution < 1.29 is 18.3 Å². The number of aromatic carboxylic acids is 1. The number of benzene rings is 2. The molecule has 0 fully saturated rings. The maximum atomic E-state index is 12.7. The number of nitrogens with zero attached hydrogens (tertiary/aromatic N) is 1. The van der Waals surface area contributed by atoms with Gasteiger partial charge in [-0.15, -0.1) is 0 Å². The van der Waals surface area contributed by atoms with Crippen LogP contribution in [0.1, 0.15) is 10.4 Å². The van der Waals surface area contributed by atoms with Crippen molar-refractivity contribution in [2.75, 3.05) is 4.72 Å². The summed E-state index contributed by atoms with van der Waals surface area (Å²) in [6, 6.07) is 12.1. The number of para-hydroxylation sites is 1. The van der Waals surface area contributed by atoms with Crippen LogP contribution in [-0.2, 0) is 10.0 Å². The third-order valence-corrected chi connectivity index (χ3v) is 5.06. The normalized spacial score (nSPS) is 11.4. The first-order valence-electron chi connectivity index (χ1n) is 6.78. The molecule has 0 unspecified atom stereocenters. The van der Waals surface area contributed by atoms with E-state index < -0.39 is 16.0 Å². The summed E-state index contributed by atoms with van der Waals surface area (Å²) < 4.78 is 27.7. The SMILES string of the molecule is O=C(O)c1ccc(NS(=O)(=O)c2cccc3cccnc23)c(Cl)c1. The molecule has 8 heteroatoms. The third kappa shape index (κ3) is 3.04. The number of hydrogen-bond acceptors (Lipinski definition) is 4. The van der Waals surface area contributed by atoms with Gasteiger partial charge < -0.3 is 5.11 Å². The van der Waals surface area contributed by atoms with Gasteiger partial charge in [0.15, 0.2) is 0 Å². The van der Waals surface area contributed by atoms with Gasteiger partial charge >= 0.3 is 5.97 Å². The molecule has 122 valence electrons. The first kappa shape index (κ1) is 16.2. The quantitative estimate of drug-likeness (QED) is 0.741. The van der Waals surface area contributed by atoms with Crippen LogP contribution in [0.5, 0.6) is 0 Å². The van der Waals surface area contributed by atoms with Gasteiger partial charge in [-0.05, 0) is 30.3 Å². The van der Waals surface area contributed by atoms with Gasteiger partial charge in [0.25, 0.3) is 10.0 Å². The molecule has 0 saturated heterocycles. The fraction of sp³-hybridized carbons (Fsp3) is 0. The van der Waals surface area contributed by atoms with E-state index in [1.165, 1.54) is 30.5 Å². The molecule has 0 atom stereocenters. The number of carbonyl (C=O) groups is 1. The van der Waals surface area contributed by atoms with Gasteiger partial charge in [-0.1, -0.05) is 29.8 Å². The van der Waals surface area contributed by atoms with E-state index in [0.29, 0.717) is 10.9 Å². The third-order valence-electron chi connectivity index (χ3n) is 3.35. The molecule has 0 radical (unpaired) electrons. The number of aromatic nitrogens is 1. The summed E-state index contributed by atoms with van der Waals surface area (Å²) >= 11 is 5.98.